The summed E-state index contributed by atoms with van der Waals surface area (Å²) in [6.45, 7) is 4.53. The van der Waals surface area contributed by atoms with E-state index >= 15 is 0 Å². The number of sulfonamides is 1. The molecule has 0 spiro atoms. The number of thiophene rings is 1. The van der Waals surface area contributed by atoms with Gasteiger partial charge in [0.05, 0.1) is 4.90 Å². The molecule has 16 heavy (non-hydrogen) atoms. The zero-order valence-corrected chi connectivity index (χ0v) is 11.1. The summed E-state index contributed by atoms with van der Waals surface area (Å²) in [5, 5.41) is 4.66. The van der Waals surface area contributed by atoms with Gasteiger partial charge in [0.25, 0.3) is 0 Å². The lowest BCUT2D eigenvalue weighted by molar-refractivity contribution is 0.499. The van der Waals surface area contributed by atoms with Gasteiger partial charge in [-0.3, -0.25) is 0 Å². The molecule has 6 heteroatoms. The summed E-state index contributed by atoms with van der Waals surface area (Å²) in [4.78, 5) is 1.36. The minimum Gasteiger partial charge on any atom is -0.315 e. The molecule has 1 rings (SSSR count). The van der Waals surface area contributed by atoms with Crippen LogP contribution in [0, 0.1) is 0 Å². The monoisotopic (exact) mass is 260 g/mol. The molecule has 4 nitrogen and oxygen atoms in total. The van der Waals surface area contributed by atoms with Crippen LogP contribution in [-0.2, 0) is 16.6 Å². The van der Waals surface area contributed by atoms with E-state index in [2.05, 4.69) is 11.9 Å². The van der Waals surface area contributed by atoms with Crippen LogP contribution in [0.15, 0.2) is 29.0 Å². The third-order valence-corrected chi connectivity index (χ3v) is 4.96. The van der Waals surface area contributed by atoms with Gasteiger partial charge in [0, 0.05) is 30.4 Å². The molecular weight excluding hydrogens is 244 g/mol. The van der Waals surface area contributed by atoms with Crippen LogP contribution in [0.3, 0.4) is 0 Å². The Kier molecular flexibility index (Phi) is 4.67. The van der Waals surface area contributed by atoms with E-state index in [1.165, 1.54) is 15.6 Å². The van der Waals surface area contributed by atoms with Crippen molar-refractivity contribution < 1.29 is 8.42 Å². The highest BCUT2D eigenvalue weighted by atomic mass is 32.2. The molecule has 90 valence electrons. The minimum atomic E-state index is -3.35. The summed E-state index contributed by atoms with van der Waals surface area (Å²) < 4.78 is 25.3. The molecule has 0 aliphatic carbocycles. The second kappa shape index (κ2) is 5.58. The maximum absolute atomic E-state index is 12.0. The van der Waals surface area contributed by atoms with Crippen LogP contribution in [0.2, 0.25) is 0 Å². The van der Waals surface area contributed by atoms with Crippen LogP contribution in [0.5, 0.6) is 0 Å². The number of rotatable bonds is 6. The largest absolute Gasteiger partial charge is 0.315 e. The SMILES string of the molecule is C=CCN(C)S(=O)(=O)c1csc(CNC)c1. The molecule has 1 aromatic heterocycles. The molecule has 1 N–H and O–H groups in total. The Morgan fingerprint density at radius 3 is 2.88 bits per heavy atom. The Balaban J connectivity index is 2.93. The maximum Gasteiger partial charge on any atom is 0.243 e. The van der Waals surface area contributed by atoms with Gasteiger partial charge in [-0.1, -0.05) is 6.08 Å². The summed E-state index contributed by atoms with van der Waals surface area (Å²) in [5.41, 5.74) is 0. The van der Waals surface area contributed by atoms with E-state index in [-0.39, 0.29) is 0 Å². The highest BCUT2D eigenvalue weighted by molar-refractivity contribution is 7.89. The van der Waals surface area contributed by atoms with Crippen molar-refractivity contribution in [1.82, 2.24) is 9.62 Å². The molecule has 0 aliphatic rings. The fourth-order valence-electron chi connectivity index (χ4n) is 1.22. The molecule has 0 atom stereocenters. The highest BCUT2D eigenvalue weighted by Crippen LogP contribution is 2.21. The number of hydrogen-bond donors (Lipinski definition) is 1. The van der Waals surface area contributed by atoms with E-state index in [0.29, 0.717) is 18.0 Å². The summed E-state index contributed by atoms with van der Waals surface area (Å²) in [6, 6.07) is 1.70. The Morgan fingerprint density at radius 2 is 2.31 bits per heavy atom. The van der Waals surface area contributed by atoms with Crippen molar-refractivity contribution in [3.05, 3.63) is 29.0 Å². The van der Waals surface area contributed by atoms with Crippen molar-refractivity contribution >= 4 is 21.4 Å². The number of likely N-dealkylation sites (N-methyl/N-ethyl adjacent to an activating group) is 1. The Hall–Kier alpha value is -0.690. The van der Waals surface area contributed by atoms with Crippen molar-refractivity contribution in [3.63, 3.8) is 0 Å². The molecule has 0 saturated heterocycles. The first-order valence-electron chi connectivity index (χ1n) is 4.81. The lowest BCUT2D eigenvalue weighted by Crippen LogP contribution is -2.26. The fraction of sp³-hybridized carbons (Fsp3) is 0.400. The average molecular weight is 260 g/mol. The van der Waals surface area contributed by atoms with Crippen LogP contribution in [0.1, 0.15) is 4.88 Å². The van der Waals surface area contributed by atoms with E-state index in [4.69, 9.17) is 0 Å². The third kappa shape index (κ3) is 2.91. The van der Waals surface area contributed by atoms with Gasteiger partial charge in [0.15, 0.2) is 0 Å². The van der Waals surface area contributed by atoms with Crippen LogP contribution in [-0.4, -0.2) is 33.4 Å². The van der Waals surface area contributed by atoms with E-state index < -0.39 is 10.0 Å². The molecule has 1 heterocycles. The van der Waals surface area contributed by atoms with Crippen LogP contribution in [0.4, 0.5) is 0 Å². The first kappa shape index (κ1) is 13.4. The summed E-state index contributed by atoms with van der Waals surface area (Å²) in [6.07, 6.45) is 1.57. The minimum absolute atomic E-state index is 0.319. The van der Waals surface area contributed by atoms with Crippen LogP contribution in [0.25, 0.3) is 0 Å². The van der Waals surface area contributed by atoms with Gasteiger partial charge in [-0.25, -0.2) is 8.42 Å². The van der Waals surface area contributed by atoms with Gasteiger partial charge in [-0.2, -0.15) is 4.31 Å². The van der Waals surface area contributed by atoms with Gasteiger partial charge in [0.1, 0.15) is 0 Å². The van der Waals surface area contributed by atoms with Gasteiger partial charge in [0.2, 0.25) is 10.0 Å². The van der Waals surface area contributed by atoms with Gasteiger partial charge in [-0.15, -0.1) is 17.9 Å². The smallest absolute Gasteiger partial charge is 0.243 e. The maximum atomic E-state index is 12.0. The molecule has 0 unspecified atom stereocenters. The standard InChI is InChI=1S/C10H16N2O2S2/c1-4-5-12(3)16(13,14)10-6-9(7-11-2)15-8-10/h4,6,8,11H,1,5,7H2,2-3H3. The normalized spacial score (nSPS) is 11.9. The van der Waals surface area contributed by atoms with Crippen molar-refractivity contribution in [2.24, 2.45) is 0 Å². The summed E-state index contributed by atoms with van der Waals surface area (Å²) >= 11 is 1.44. The van der Waals surface area contributed by atoms with E-state index in [9.17, 15) is 8.42 Å². The zero-order valence-electron chi connectivity index (χ0n) is 9.43. The first-order valence-corrected chi connectivity index (χ1v) is 7.13. The average Bonchev–Trinajstić information content (AvgIpc) is 2.68. The lowest BCUT2D eigenvalue weighted by atomic mass is 10.5. The number of nitrogens with zero attached hydrogens (tertiary/aromatic N) is 1. The predicted octanol–water partition coefficient (Wildman–Crippen LogP) is 1.27. The van der Waals surface area contributed by atoms with Crippen molar-refractivity contribution in [3.8, 4) is 0 Å². The summed E-state index contributed by atoms with van der Waals surface area (Å²) in [7, 11) is 0.0252. The number of nitrogens with one attached hydrogen (secondary N) is 1. The molecule has 0 radical (unpaired) electrons. The molecule has 0 bridgehead atoms. The predicted molar refractivity (Wildman–Crippen MR) is 67.1 cm³/mol. The topological polar surface area (TPSA) is 49.4 Å². The van der Waals surface area contributed by atoms with Crippen molar-refractivity contribution in [2.75, 3.05) is 20.6 Å². The lowest BCUT2D eigenvalue weighted by Gasteiger charge is -2.13. The Morgan fingerprint density at radius 1 is 1.62 bits per heavy atom. The second-order valence-corrected chi connectivity index (χ2v) is 6.39. The fourth-order valence-corrected chi connectivity index (χ4v) is 3.64. The molecule has 0 aliphatic heterocycles. The third-order valence-electron chi connectivity index (χ3n) is 2.08. The van der Waals surface area contributed by atoms with Gasteiger partial charge < -0.3 is 5.32 Å². The summed E-state index contributed by atoms with van der Waals surface area (Å²) in [5.74, 6) is 0. The highest BCUT2D eigenvalue weighted by Gasteiger charge is 2.20. The van der Waals surface area contributed by atoms with Crippen LogP contribution < -0.4 is 5.32 Å². The molecule has 0 aromatic carbocycles. The zero-order chi connectivity index (χ0) is 12.2. The molecule has 0 saturated carbocycles. The van der Waals surface area contributed by atoms with Crippen molar-refractivity contribution in [1.29, 1.82) is 0 Å². The van der Waals surface area contributed by atoms with Crippen LogP contribution >= 0.6 is 11.3 Å². The van der Waals surface area contributed by atoms with E-state index in [1.807, 2.05) is 7.05 Å². The Bertz CT molecular complexity index is 451. The number of hydrogen-bond acceptors (Lipinski definition) is 4. The molecule has 0 amide bonds. The Labute approximate surface area is 101 Å². The van der Waals surface area contributed by atoms with E-state index in [0.717, 1.165) is 4.88 Å². The molecule has 0 fully saturated rings. The first-order chi connectivity index (χ1) is 7.52. The van der Waals surface area contributed by atoms with E-state index in [1.54, 1.807) is 24.6 Å². The van der Waals surface area contributed by atoms with Gasteiger partial charge >= 0.3 is 0 Å². The second-order valence-electron chi connectivity index (χ2n) is 3.35. The van der Waals surface area contributed by atoms with Gasteiger partial charge in [-0.05, 0) is 13.1 Å². The molecule has 1 aromatic rings. The quantitative estimate of drug-likeness (QED) is 0.784. The molecular formula is C10H16N2O2S2. The van der Waals surface area contributed by atoms with Crippen molar-refractivity contribution in [2.45, 2.75) is 11.4 Å².